The molecular weight excluding hydrogens is 150 g/mol. The summed E-state index contributed by atoms with van der Waals surface area (Å²) >= 11 is 0. The zero-order valence-corrected chi connectivity index (χ0v) is 6.69. The number of alkyl halides is 2. The van der Waals surface area contributed by atoms with Gasteiger partial charge in [0.2, 0.25) is 0 Å². The highest BCUT2D eigenvalue weighted by molar-refractivity contribution is 4.74. The smallest absolute Gasteiger partial charge is 0.251 e. The molecule has 0 unspecified atom stereocenters. The topological polar surface area (TPSA) is 15.3 Å². The van der Waals surface area contributed by atoms with Crippen LogP contribution in [-0.2, 0) is 0 Å². The summed E-state index contributed by atoms with van der Waals surface area (Å²) in [5.41, 5.74) is 0. The lowest BCUT2D eigenvalue weighted by atomic mass is 10.2. The van der Waals surface area contributed by atoms with Gasteiger partial charge in [0.1, 0.15) is 0 Å². The van der Waals surface area contributed by atoms with Gasteiger partial charge in [-0.25, -0.2) is 8.78 Å². The number of nitrogens with zero attached hydrogens (tertiary/aromatic N) is 1. The SMILES string of the molecule is C[C@H]1CN(CC(F)F)CCN1. The van der Waals surface area contributed by atoms with E-state index in [9.17, 15) is 8.78 Å². The normalized spacial score (nSPS) is 27.8. The van der Waals surface area contributed by atoms with Gasteiger partial charge in [-0.15, -0.1) is 0 Å². The Kier molecular flexibility index (Phi) is 3.20. The molecule has 0 saturated carbocycles. The molecule has 1 fully saturated rings. The zero-order chi connectivity index (χ0) is 8.27. The van der Waals surface area contributed by atoms with Crippen molar-refractivity contribution >= 4 is 0 Å². The van der Waals surface area contributed by atoms with E-state index in [4.69, 9.17) is 0 Å². The lowest BCUT2D eigenvalue weighted by Gasteiger charge is -2.31. The third kappa shape index (κ3) is 3.12. The van der Waals surface area contributed by atoms with Crippen LogP contribution in [0.2, 0.25) is 0 Å². The van der Waals surface area contributed by atoms with Crippen molar-refractivity contribution in [2.75, 3.05) is 26.2 Å². The summed E-state index contributed by atoms with van der Waals surface area (Å²) in [6, 6.07) is 0.350. The van der Waals surface area contributed by atoms with Crippen LogP contribution in [0.15, 0.2) is 0 Å². The summed E-state index contributed by atoms with van der Waals surface area (Å²) in [6.07, 6.45) is -2.19. The van der Waals surface area contributed by atoms with Crippen molar-refractivity contribution in [1.82, 2.24) is 10.2 Å². The van der Waals surface area contributed by atoms with E-state index in [0.29, 0.717) is 6.04 Å². The number of piperazine rings is 1. The van der Waals surface area contributed by atoms with E-state index in [1.165, 1.54) is 0 Å². The lowest BCUT2D eigenvalue weighted by molar-refractivity contribution is 0.0747. The van der Waals surface area contributed by atoms with Gasteiger partial charge in [0.05, 0.1) is 6.54 Å². The van der Waals surface area contributed by atoms with Crippen LogP contribution >= 0.6 is 0 Å². The second kappa shape index (κ2) is 3.97. The van der Waals surface area contributed by atoms with Crippen LogP contribution in [0.1, 0.15) is 6.92 Å². The molecule has 2 nitrogen and oxygen atoms in total. The maximum atomic E-state index is 11.9. The highest BCUT2D eigenvalue weighted by Gasteiger charge is 2.18. The Morgan fingerprint density at radius 3 is 2.91 bits per heavy atom. The first-order valence-electron chi connectivity index (χ1n) is 3.92. The first kappa shape index (κ1) is 8.87. The molecule has 11 heavy (non-hydrogen) atoms. The molecular formula is C7H14F2N2. The minimum Gasteiger partial charge on any atom is -0.312 e. The maximum absolute atomic E-state index is 11.9. The average molecular weight is 164 g/mol. The van der Waals surface area contributed by atoms with Gasteiger partial charge in [-0.05, 0) is 6.92 Å². The molecule has 0 aromatic carbocycles. The number of hydrogen-bond acceptors (Lipinski definition) is 2. The highest BCUT2D eigenvalue weighted by Crippen LogP contribution is 2.02. The van der Waals surface area contributed by atoms with Crippen LogP contribution in [0, 0.1) is 0 Å². The van der Waals surface area contributed by atoms with E-state index in [2.05, 4.69) is 5.32 Å². The zero-order valence-electron chi connectivity index (χ0n) is 6.69. The van der Waals surface area contributed by atoms with Crippen molar-refractivity contribution in [2.45, 2.75) is 19.4 Å². The van der Waals surface area contributed by atoms with Crippen molar-refractivity contribution in [1.29, 1.82) is 0 Å². The standard InChI is InChI=1S/C7H14F2N2/c1-6-4-11(3-2-10-6)5-7(8)9/h6-7,10H,2-5H2,1H3/t6-/m0/s1. The fourth-order valence-corrected chi connectivity index (χ4v) is 1.37. The summed E-state index contributed by atoms with van der Waals surface area (Å²) in [7, 11) is 0. The Bertz CT molecular complexity index is 117. The Morgan fingerprint density at radius 1 is 1.64 bits per heavy atom. The Morgan fingerprint density at radius 2 is 2.36 bits per heavy atom. The summed E-state index contributed by atoms with van der Waals surface area (Å²) in [5.74, 6) is 0. The van der Waals surface area contributed by atoms with Crippen LogP contribution in [0.25, 0.3) is 0 Å². The average Bonchev–Trinajstić information content (AvgIpc) is 1.85. The van der Waals surface area contributed by atoms with Gasteiger partial charge in [-0.3, -0.25) is 4.90 Å². The molecule has 1 saturated heterocycles. The van der Waals surface area contributed by atoms with Crippen LogP contribution in [0.5, 0.6) is 0 Å². The van der Waals surface area contributed by atoms with Crippen molar-refractivity contribution in [3.63, 3.8) is 0 Å². The summed E-state index contributed by atoms with van der Waals surface area (Å²) in [6.45, 7) is 4.25. The molecule has 1 heterocycles. The number of nitrogens with one attached hydrogen (secondary N) is 1. The van der Waals surface area contributed by atoms with E-state index < -0.39 is 6.43 Å². The quantitative estimate of drug-likeness (QED) is 0.641. The summed E-state index contributed by atoms with van der Waals surface area (Å²) < 4.78 is 23.8. The monoisotopic (exact) mass is 164 g/mol. The minimum atomic E-state index is -2.19. The molecule has 1 atom stereocenters. The van der Waals surface area contributed by atoms with Crippen LogP contribution in [0.4, 0.5) is 8.78 Å². The van der Waals surface area contributed by atoms with E-state index in [0.717, 1.165) is 19.6 Å². The first-order valence-corrected chi connectivity index (χ1v) is 3.92. The highest BCUT2D eigenvalue weighted by atomic mass is 19.3. The van der Waals surface area contributed by atoms with Gasteiger partial charge in [0.15, 0.2) is 0 Å². The third-order valence-electron chi connectivity index (χ3n) is 1.85. The Hall–Kier alpha value is -0.220. The lowest BCUT2D eigenvalue weighted by Crippen LogP contribution is -2.50. The minimum absolute atomic E-state index is 0.0774. The molecule has 1 aliphatic rings. The van der Waals surface area contributed by atoms with Crippen LogP contribution in [0.3, 0.4) is 0 Å². The van der Waals surface area contributed by atoms with Crippen LogP contribution in [-0.4, -0.2) is 43.5 Å². The predicted molar refractivity (Wildman–Crippen MR) is 39.9 cm³/mol. The number of rotatable bonds is 2. The number of hydrogen-bond donors (Lipinski definition) is 1. The van der Waals surface area contributed by atoms with Gasteiger partial charge < -0.3 is 5.32 Å². The van der Waals surface area contributed by atoms with Crippen LogP contribution < -0.4 is 5.32 Å². The second-order valence-electron chi connectivity index (χ2n) is 3.01. The van der Waals surface area contributed by atoms with Gasteiger partial charge in [-0.1, -0.05) is 0 Å². The fourth-order valence-electron chi connectivity index (χ4n) is 1.37. The summed E-state index contributed by atoms with van der Waals surface area (Å²) in [4.78, 5) is 1.80. The predicted octanol–water partition coefficient (Wildman–Crippen LogP) is 0.545. The van der Waals surface area contributed by atoms with E-state index in [-0.39, 0.29) is 6.54 Å². The molecule has 0 bridgehead atoms. The van der Waals surface area contributed by atoms with Gasteiger partial charge in [0, 0.05) is 25.7 Å². The molecule has 1 rings (SSSR count). The first-order chi connectivity index (χ1) is 5.18. The van der Waals surface area contributed by atoms with E-state index in [1.807, 2.05) is 6.92 Å². The van der Waals surface area contributed by atoms with Crippen molar-refractivity contribution < 1.29 is 8.78 Å². The molecule has 0 aromatic heterocycles. The maximum Gasteiger partial charge on any atom is 0.251 e. The summed E-state index contributed by atoms with van der Waals surface area (Å²) in [5, 5.41) is 3.20. The molecule has 0 aliphatic carbocycles. The Balaban J connectivity index is 2.23. The molecule has 1 aliphatic heterocycles. The van der Waals surface area contributed by atoms with Gasteiger partial charge in [0.25, 0.3) is 6.43 Å². The molecule has 1 N–H and O–H groups in total. The van der Waals surface area contributed by atoms with E-state index in [1.54, 1.807) is 4.90 Å². The van der Waals surface area contributed by atoms with Crippen molar-refractivity contribution in [2.24, 2.45) is 0 Å². The molecule has 4 heteroatoms. The fraction of sp³-hybridized carbons (Fsp3) is 1.00. The molecule has 0 spiro atoms. The molecule has 0 aromatic rings. The van der Waals surface area contributed by atoms with E-state index >= 15 is 0 Å². The van der Waals surface area contributed by atoms with Gasteiger partial charge >= 0.3 is 0 Å². The molecule has 0 radical (unpaired) electrons. The largest absolute Gasteiger partial charge is 0.312 e. The second-order valence-corrected chi connectivity index (χ2v) is 3.01. The molecule has 0 amide bonds. The Labute approximate surface area is 65.6 Å². The van der Waals surface area contributed by atoms with Crippen molar-refractivity contribution in [3.05, 3.63) is 0 Å². The molecule has 66 valence electrons. The van der Waals surface area contributed by atoms with Gasteiger partial charge in [-0.2, -0.15) is 0 Å². The number of halogens is 2. The third-order valence-corrected chi connectivity index (χ3v) is 1.85. The van der Waals surface area contributed by atoms with Crippen molar-refractivity contribution in [3.8, 4) is 0 Å².